The van der Waals surface area contributed by atoms with Gasteiger partial charge in [-0.2, -0.15) is 5.10 Å². The molecule has 1 aromatic heterocycles. The van der Waals surface area contributed by atoms with Gasteiger partial charge in [0.05, 0.1) is 11.4 Å². The Balaban J connectivity index is 1.73. The fourth-order valence-electron chi connectivity index (χ4n) is 2.70. The second kappa shape index (κ2) is 4.98. The number of nitrogens with zero attached hydrogens (tertiary/aromatic N) is 4. The van der Waals surface area contributed by atoms with Gasteiger partial charge < -0.3 is 0 Å². The smallest absolute Gasteiger partial charge is 0.138 e. The topological polar surface area (TPSA) is 43.1 Å². The lowest BCUT2D eigenvalue weighted by Gasteiger charge is -2.17. The minimum atomic E-state index is 0.858. The zero-order chi connectivity index (χ0) is 14.1. The Morgan fingerprint density at radius 2 is 1.81 bits per heavy atom. The minimum absolute atomic E-state index is 0.858. The summed E-state index contributed by atoms with van der Waals surface area (Å²) in [6.07, 6.45) is 4.26. The molecule has 0 fully saturated rings. The monoisotopic (exact) mass is 274 g/mol. The van der Waals surface area contributed by atoms with Crippen LogP contribution in [0.25, 0.3) is 5.69 Å². The third-order valence-corrected chi connectivity index (χ3v) is 3.75. The third kappa shape index (κ3) is 2.14. The number of aliphatic imine (C=N–C) groups is 1. The van der Waals surface area contributed by atoms with Crippen LogP contribution in [0, 0.1) is 0 Å². The average molecular weight is 274 g/mol. The molecule has 4 rings (SSSR count). The van der Waals surface area contributed by atoms with Gasteiger partial charge in [-0.25, -0.2) is 9.67 Å². The van der Waals surface area contributed by atoms with Crippen molar-refractivity contribution in [3.63, 3.8) is 0 Å². The van der Waals surface area contributed by atoms with E-state index in [0.29, 0.717) is 0 Å². The fraction of sp³-hybridized carbons (Fsp3) is 0.118. The zero-order valence-electron chi connectivity index (χ0n) is 11.5. The van der Waals surface area contributed by atoms with Crippen molar-refractivity contribution < 1.29 is 0 Å². The summed E-state index contributed by atoms with van der Waals surface area (Å²) in [6, 6.07) is 16.8. The molecule has 1 aliphatic heterocycles. The molecule has 0 spiro atoms. The highest BCUT2D eigenvalue weighted by molar-refractivity contribution is 6.14. The van der Waals surface area contributed by atoms with Crippen LogP contribution in [0.5, 0.6) is 0 Å². The Morgan fingerprint density at radius 3 is 2.62 bits per heavy atom. The second-order valence-electron chi connectivity index (χ2n) is 5.02. The van der Waals surface area contributed by atoms with Crippen LogP contribution >= 0.6 is 0 Å². The summed E-state index contributed by atoms with van der Waals surface area (Å²) in [4.78, 5) is 8.68. The summed E-state index contributed by atoms with van der Waals surface area (Å²) < 4.78 is 1.75. The standard InChI is InChI=1S/C17H14N4/c1-2-4-16-13(3-1)9-10-19-17(16)14-5-7-15(8-6-14)21-12-18-11-20-21/h1-8,11-12H,9-10H2. The van der Waals surface area contributed by atoms with E-state index < -0.39 is 0 Å². The molecule has 4 heteroatoms. The number of benzene rings is 2. The fourth-order valence-corrected chi connectivity index (χ4v) is 2.70. The molecule has 2 aromatic carbocycles. The first-order chi connectivity index (χ1) is 10.4. The summed E-state index contributed by atoms with van der Waals surface area (Å²) in [6.45, 7) is 0.858. The van der Waals surface area contributed by atoms with Crippen molar-refractivity contribution in [2.75, 3.05) is 6.54 Å². The summed E-state index contributed by atoms with van der Waals surface area (Å²) in [5.41, 5.74) is 5.86. The summed E-state index contributed by atoms with van der Waals surface area (Å²) in [5.74, 6) is 0. The van der Waals surface area contributed by atoms with Gasteiger partial charge in [0, 0.05) is 17.7 Å². The maximum atomic E-state index is 4.72. The molecule has 21 heavy (non-hydrogen) atoms. The molecule has 0 radical (unpaired) electrons. The molecule has 0 saturated carbocycles. The van der Waals surface area contributed by atoms with Gasteiger partial charge in [0.2, 0.25) is 0 Å². The van der Waals surface area contributed by atoms with E-state index >= 15 is 0 Å². The van der Waals surface area contributed by atoms with Gasteiger partial charge in [-0.1, -0.05) is 36.4 Å². The molecular weight excluding hydrogens is 260 g/mol. The molecule has 0 unspecified atom stereocenters. The Bertz CT molecular complexity index is 786. The van der Waals surface area contributed by atoms with E-state index in [-0.39, 0.29) is 0 Å². The van der Waals surface area contributed by atoms with Crippen LogP contribution in [0.4, 0.5) is 0 Å². The van der Waals surface area contributed by atoms with E-state index in [1.807, 2.05) is 12.1 Å². The number of aromatic nitrogens is 3. The van der Waals surface area contributed by atoms with Crippen molar-refractivity contribution in [1.82, 2.24) is 14.8 Å². The van der Waals surface area contributed by atoms with Crippen molar-refractivity contribution in [2.24, 2.45) is 4.99 Å². The molecule has 4 nitrogen and oxygen atoms in total. The highest BCUT2D eigenvalue weighted by Gasteiger charge is 2.14. The summed E-state index contributed by atoms with van der Waals surface area (Å²) in [5, 5.41) is 4.14. The van der Waals surface area contributed by atoms with Crippen LogP contribution < -0.4 is 0 Å². The first-order valence-electron chi connectivity index (χ1n) is 7.00. The van der Waals surface area contributed by atoms with E-state index in [2.05, 4.69) is 46.5 Å². The van der Waals surface area contributed by atoms with E-state index in [4.69, 9.17) is 4.99 Å². The molecule has 0 bridgehead atoms. The van der Waals surface area contributed by atoms with Gasteiger partial charge in [-0.3, -0.25) is 4.99 Å². The summed E-state index contributed by atoms with van der Waals surface area (Å²) in [7, 11) is 0. The lowest BCUT2D eigenvalue weighted by molar-refractivity contribution is 0.879. The van der Waals surface area contributed by atoms with Gasteiger partial charge in [-0.15, -0.1) is 0 Å². The largest absolute Gasteiger partial charge is 0.284 e. The molecule has 0 atom stereocenters. The van der Waals surface area contributed by atoms with Crippen LogP contribution in [0.15, 0.2) is 66.2 Å². The maximum Gasteiger partial charge on any atom is 0.138 e. The predicted molar refractivity (Wildman–Crippen MR) is 82.0 cm³/mol. The first-order valence-corrected chi connectivity index (χ1v) is 7.00. The van der Waals surface area contributed by atoms with E-state index in [1.165, 1.54) is 17.5 Å². The Morgan fingerprint density at radius 1 is 0.952 bits per heavy atom. The van der Waals surface area contributed by atoms with Gasteiger partial charge in [0.15, 0.2) is 0 Å². The van der Waals surface area contributed by atoms with Crippen molar-refractivity contribution in [1.29, 1.82) is 0 Å². The van der Waals surface area contributed by atoms with Crippen molar-refractivity contribution in [3.8, 4) is 5.69 Å². The Hall–Kier alpha value is -2.75. The van der Waals surface area contributed by atoms with Crippen LogP contribution in [-0.2, 0) is 6.42 Å². The highest BCUT2D eigenvalue weighted by atomic mass is 15.3. The minimum Gasteiger partial charge on any atom is -0.284 e. The van der Waals surface area contributed by atoms with Crippen LogP contribution in [-0.4, -0.2) is 27.0 Å². The van der Waals surface area contributed by atoms with Gasteiger partial charge in [-0.05, 0) is 24.1 Å². The lowest BCUT2D eigenvalue weighted by Crippen LogP contribution is -2.14. The number of rotatable bonds is 2. The third-order valence-electron chi connectivity index (χ3n) is 3.75. The van der Waals surface area contributed by atoms with Crippen LogP contribution in [0.1, 0.15) is 16.7 Å². The molecule has 3 aromatic rings. The molecule has 0 saturated heterocycles. The van der Waals surface area contributed by atoms with Gasteiger partial charge in [0.1, 0.15) is 12.7 Å². The predicted octanol–water partition coefficient (Wildman–Crippen LogP) is 2.66. The normalized spacial score (nSPS) is 13.6. The zero-order valence-corrected chi connectivity index (χ0v) is 11.5. The molecule has 0 aliphatic carbocycles. The number of fused-ring (bicyclic) bond motifs is 1. The molecule has 2 heterocycles. The Kier molecular flexibility index (Phi) is 2.85. The lowest BCUT2D eigenvalue weighted by atomic mass is 9.93. The molecule has 102 valence electrons. The van der Waals surface area contributed by atoms with Crippen molar-refractivity contribution >= 4 is 5.71 Å². The number of hydrogen-bond donors (Lipinski definition) is 0. The maximum absolute atomic E-state index is 4.72. The van der Waals surface area contributed by atoms with E-state index in [1.54, 1.807) is 11.0 Å². The van der Waals surface area contributed by atoms with E-state index in [0.717, 1.165) is 29.9 Å². The first kappa shape index (κ1) is 12.0. The Labute approximate surface area is 122 Å². The molecule has 1 aliphatic rings. The molecule has 0 amide bonds. The van der Waals surface area contributed by atoms with Gasteiger partial charge in [0.25, 0.3) is 0 Å². The highest BCUT2D eigenvalue weighted by Crippen LogP contribution is 2.21. The molecule has 0 N–H and O–H groups in total. The number of hydrogen-bond acceptors (Lipinski definition) is 3. The van der Waals surface area contributed by atoms with Crippen molar-refractivity contribution in [2.45, 2.75) is 6.42 Å². The van der Waals surface area contributed by atoms with Crippen LogP contribution in [0.2, 0.25) is 0 Å². The SMILES string of the molecule is c1ccc2c(c1)CCN=C2c1ccc(-n2cncn2)cc1. The van der Waals surface area contributed by atoms with Crippen molar-refractivity contribution in [3.05, 3.63) is 77.9 Å². The quantitative estimate of drug-likeness (QED) is 0.721. The summed E-state index contributed by atoms with van der Waals surface area (Å²) >= 11 is 0. The average Bonchev–Trinajstić information content (AvgIpc) is 3.09. The second-order valence-corrected chi connectivity index (χ2v) is 5.02. The van der Waals surface area contributed by atoms with Gasteiger partial charge >= 0.3 is 0 Å². The molecular formula is C17H14N4. The van der Waals surface area contributed by atoms with E-state index in [9.17, 15) is 0 Å². The van der Waals surface area contributed by atoms with Crippen LogP contribution in [0.3, 0.4) is 0 Å².